The number of nitrogens with zero attached hydrogens (tertiary/aromatic N) is 3. The maximum Gasteiger partial charge on any atom is 0.239 e. The summed E-state index contributed by atoms with van der Waals surface area (Å²) >= 11 is 3.09. The summed E-state index contributed by atoms with van der Waals surface area (Å²) in [6, 6.07) is 0. The molecular formula is C8H11N3OS2. The predicted octanol–water partition coefficient (Wildman–Crippen LogP) is 1.60. The third kappa shape index (κ3) is 1.64. The van der Waals surface area contributed by atoms with Crippen molar-refractivity contribution in [1.29, 1.82) is 0 Å². The Bertz CT molecular complexity index is 325. The minimum absolute atomic E-state index is 0.144. The Labute approximate surface area is 90.7 Å². The molecule has 1 fully saturated rings. The molecule has 6 heteroatoms. The van der Waals surface area contributed by atoms with Crippen LogP contribution < -0.4 is 4.90 Å². The normalized spacial score (nSPS) is 22.4. The molecule has 1 unspecified atom stereocenters. The van der Waals surface area contributed by atoms with Gasteiger partial charge in [-0.2, -0.15) is 0 Å². The maximum absolute atomic E-state index is 11.6. The van der Waals surface area contributed by atoms with Crippen molar-refractivity contribution >= 4 is 34.1 Å². The molecule has 1 aromatic rings. The number of anilines is 1. The SMILES string of the molecule is CC(C)C1SCC(=O)N1c1nncs1. The summed E-state index contributed by atoms with van der Waals surface area (Å²) in [6.07, 6.45) is 0. The number of carbonyl (C=O) groups is 1. The van der Waals surface area contributed by atoms with Crippen LogP contribution in [0.3, 0.4) is 0 Å². The zero-order valence-corrected chi connectivity index (χ0v) is 9.64. The lowest BCUT2D eigenvalue weighted by Crippen LogP contribution is -2.35. The van der Waals surface area contributed by atoms with E-state index in [4.69, 9.17) is 0 Å². The smallest absolute Gasteiger partial charge is 0.239 e. The van der Waals surface area contributed by atoms with Gasteiger partial charge in [0.2, 0.25) is 11.0 Å². The van der Waals surface area contributed by atoms with Gasteiger partial charge in [-0.1, -0.05) is 25.2 Å². The summed E-state index contributed by atoms with van der Waals surface area (Å²) < 4.78 is 0. The molecule has 0 spiro atoms. The molecular weight excluding hydrogens is 218 g/mol. The third-order valence-corrected chi connectivity index (χ3v) is 4.22. The molecule has 1 aliphatic heterocycles. The monoisotopic (exact) mass is 229 g/mol. The van der Waals surface area contributed by atoms with Gasteiger partial charge in [0.05, 0.1) is 11.1 Å². The predicted molar refractivity (Wildman–Crippen MR) is 58.5 cm³/mol. The van der Waals surface area contributed by atoms with Crippen LogP contribution in [0.4, 0.5) is 5.13 Å². The number of aromatic nitrogens is 2. The first kappa shape index (κ1) is 9.92. The quantitative estimate of drug-likeness (QED) is 0.772. The standard InChI is InChI=1S/C8H11N3OS2/c1-5(2)7-11(6(12)3-13-7)8-10-9-4-14-8/h4-5,7H,3H2,1-2H3. The highest BCUT2D eigenvalue weighted by molar-refractivity contribution is 8.01. The van der Waals surface area contributed by atoms with Crippen molar-refractivity contribution in [3.63, 3.8) is 0 Å². The van der Waals surface area contributed by atoms with E-state index in [-0.39, 0.29) is 11.3 Å². The van der Waals surface area contributed by atoms with E-state index < -0.39 is 0 Å². The molecule has 14 heavy (non-hydrogen) atoms. The lowest BCUT2D eigenvalue weighted by molar-refractivity contribution is -0.115. The third-order valence-electron chi connectivity index (χ3n) is 2.03. The minimum Gasteiger partial charge on any atom is -0.273 e. The first-order valence-corrected chi connectivity index (χ1v) is 6.33. The van der Waals surface area contributed by atoms with Gasteiger partial charge in [-0.25, -0.2) is 0 Å². The van der Waals surface area contributed by atoms with Crippen molar-refractivity contribution in [2.24, 2.45) is 5.92 Å². The van der Waals surface area contributed by atoms with E-state index in [0.29, 0.717) is 11.7 Å². The van der Waals surface area contributed by atoms with Crippen LogP contribution in [0.5, 0.6) is 0 Å². The molecule has 0 saturated carbocycles. The molecule has 1 amide bonds. The van der Waals surface area contributed by atoms with Crippen LogP contribution in [-0.4, -0.2) is 27.2 Å². The second-order valence-corrected chi connectivity index (χ2v) is 5.35. The molecule has 1 aromatic heterocycles. The van der Waals surface area contributed by atoms with Gasteiger partial charge in [0.1, 0.15) is 5.51 Å². The van der Waals surface area contributed by atoms with Gasteiger partial charge in [0.15, 0.2) is 0 Å². The van der Waals surface area contributed by atoms with Crippen molar-refractivity contribution in [3.05, 3.63) is 5.51 Å². The number of amides is 1. The number of carbonyl (C=O) groups excluding carboxylic acids is 1. The van der Waals surface area contributed by atoms with E-state index in [0.717, 1.165) is 5.13 Å². The summed E-state index contributed by atoms with van der Waals surface area (Å²) in [6.45, 7) is 4.23. The highest BCUT2D eigenvalue weighted by Crippen LogP contribution is 2.35. The minimum atomic E-state index is 0.144. The molecule has 4 nitrogen and oxygen atoms in total. The largest absolute Gasteiger partial charge is 0.273 e. The first-order chi connectivity index (χ1) is 6.70. The van der Waals surface area contributed by atoms with Crippen LogP contribution in [0.2, 0.25) is 0 Å². The van der Waals surface area contributed by atoms with Crippen LogP contribution in [0, 0.1) is 5.92 Å². The first-order valence-electron chi connectivity index (χ1n) is 4.40. The van der Waals surface area contributed by atoms with Gasteiger partial charge < -0.3 is 0 Å². The van der Waals surface area contributed by atoms with Crippen LogP contribution in [0.1, 0.15) is 13.8 Å². The molecule has 0 aromatic carbocycles. The summed E-state index contributed by atoms with van der Waals surface area (Å²) in [5.41, 5.74) is 1.66. The molecule has 2 rings (SSSR count). The molecule has 1 aliphatic rings. The van der Waals surface area contributed by atoms with E-state index >= 15 is 0 Å². The Morgan fingerprint density at radius 1 is 1.64 bits per heavy atom. The lowest BCUT2D eigenvalue weighted by Gasteiger charge is -2.23. The molecule has 0 aliphatic carbocycles. The lowest BCUT2D eigenvalue weighted by atomic mass is 10.2. The van der Waals surface area contributed by atoms with Gasteiger partial charge in [-0.3, -0.25) is 9.69 Å². The van der Waals surface area contributed by atoms with Crippen molar-refractivity contribution in [3.8, 4) is 0 Å². The molecule has 1 saturated heterocycles. The van der Waals surface area contributed by atoms with Gasteiger partial charge >= 0.3 is 0 Å². The van der Waals surface area contributed by atoms with Gasteiger partial charge in [0, 0.05) is 0 Å². The molecule has 2 heterocycles. The van der Waals surface area contributed by atoms with Crippen molar-refractivity contribution in [2.75, 3.05) is 10.7 Å². The van der Waals surface area contributed by atoms with E-state index in [1.165, 1.54) is 11.3 Å². The maximum atomic E-state index is 11.6. The van der Waals surface area contributed by atoms with Gasteiger partial charge in [-0.05, 0) is 5.92 Å². The Kier molecular flexibility index (Phi) is 2.73. The van der Waals surface area contributed by atoms with E-state index in [1.807, 2.05) is 0 Å². The Hall–Kier alpha value is -0.620. The second-order valence-electron chi connectivity index (χ2n) is 3.43. The van der Waals surface area contributed by atoms with Crippen LogP contribution in [-0.2, 0) is 4.79 Å². The van der Waals surface area contributed by atoms with Crippen molar-refractivity contribution < 1.29 is 4.79 Å². The van der Waals surface area contributed by atoms with Gasteiger partial charge in [-0.15, -0.1) is 22.0 Å². The summed E-state index contributed by atoms with van der Waals surface area (Å²) in [4.78, 5) is 13.4. The molecule has 1 atom stereocenters. The topological polar surface area (TPSA) is 46.1 Å². The average molecular weight is 229 g/mol. The number of rotatable bonds is 2. The van der Waals surface area contributed by atoms with Crippen LogP contribution in [0.25, 0.3) is 0 Å². The average Bonchev–Trinajstić information content (AvgIpc) is 2.71. The molecule has 0 radical (unpaired) electrons. The molecule has 0 N–H and O–H groups in total. The summed E-state index contributed by atoms with van der Waals surface area (Å²) in [5, 5.41) is 8.64. The fourth-order valence-electron chi connectivity index (χ4n) is 1.42. The van der Waals surface area contributed by atoms with Crippen molar-refractivity contribution in [2.45, 2.75) is 19.2 Å². The van der Waals surface area contributed by atoms with E-state index in [9.17, 15) is 4.79 Å². The molecule has 76 valence electrons. The highest BCUT2D eigenvalue weighted by atomic mass is 32.2. The fourth-order valence-corrected chi connectivity index (χ4v) is 3.30. The fraction of sp³-hybridized carbons (Fsp3) is 0.625. The highest BCUT2D eigenvalue weighted by Gasteiger charge is 2.36. The number of hydrogen-bond donors (Lipinski definition) is 0. The second kappa shape index (κ2) is 3.86. The van der Waals surface area contributed by atoms with Crippen LogP contribution >= 0.6 is 23.1 Å². The van der Waals surface area contributed by atoms with E-state index in [2.05, 4.69) is 24.0 Å². The Morgan fingerprint density at radius 3 is 3.00 bits per heavy atom. The number of thioether (sulfide) groups is 1. The summed E-state index contributed by atoms with van der Waals surface area (Å²) in [5.74, 6) is 1.14. The number of hydrogen-bond acceptors (Lipinski definition) is 5. The molecule has 0 bridgehead atoms. The zero-order chi connectivity index (χ0) is 10.1. The van der Waals surface area contributed by atoms with Crippen molar-refractivity contribution in [1.82, 2.24) is 10.2 Å². The summed E-state index contributed by atoms with van der Waals surface area (Å²) in [7, 11) is 0. The van der Waals surface area contributed by atoms with Gasteiger partial charge in [0.25, 0.3) is 0 Å². The Morgan fingerprint density at radius 2 is 2.43 bits per heavy atom. The Balaban J connectivity index is 2.26. The van der Waals surface area contributed by atoms with E-state index in [1.54, 1.807) is 22.2 Å². The zero-order valence-electron chi connectivity index (χ0n) is 8.01. The van der Waals surface area contributed by atoms with Crippen LogP contribution in [0.15, 0.2) is 5.51 Å².